The highest BCUT2D eigenvalue weighted by atomic mass is 32.2. The fraction of sp³-hybridized carbons (Fsp3) is 0.368. The molecular weight excluding hydrogens is 380 g/mol. The third-order valence-electron chi connectivity index (χ3n) is 4.77. The summed E-state index contributed by atoms with van der Waals surface area (Å²) < 4.78 is 40.3. The van der Waals surface area contributed by atoms with Crippen LogP contribution < -0.4 is 9.46 Å². The number of anilines is 1. The summed E-state index contributed by atoms with van der Waals surface area (Å²) in [5.41, 5.74) is 2.83. The minimum Gasteiger partial charge on any atom is -0.495 e. The summed E-state index contributed by atoms with van der Waals surface area (Å²) in [6.45, 7) is 5.37. The van der Waals surface area contributed by atoms with E-state index in [0.717, 1.165) is 18.4 Å². The maximum absolute atomic E-state index is 13.3. The summed E-state index contributed by atoms with van der Waals surface area (Å²) in [5, 5.41) is 8.18. The quantitative estimate of drug-likeness (QED) is 0.651. The van der Waals surface area contributed by atoms with E-state index in [4.69, 9.17) is 9.15 Å². The van der Waals surface area contributed by atoms with Crippen LogP contribution in [-0.4, -0.2) is 30.7 Å². The Hall–Kier alpha value is -2.81. The van der Waals surface area contributed by atoms with Gasteiger partial charge in [0.1, 0.15) is 10.6 Å². The van der Waals surface area contributed by atoms with Crippen molar-refractivity contribution in [3.63, 3.8) is 0 Å². The molecule has 1 aliphatic rings. The second-order valence-electron chi connectivity index (χ2n) is 7.11. The average molecular weight is 402 g/mol. The molecule has 0 saturated heterocycles. The van der Waals surface area contributed by atoms with Gasteiger partial charge in [-0.1, -0.05) is 6.07 Å². The number of rotatable bonds is 6. The fourth-order valence-corrected chi connectivity index (χ4v) is 4.79. The molecule has 2 N–H and O–H groups in total. The summed E-state index contributed by atoms with van der Waals surface area (Å²) in [6.07, 6.45) is 2.04. The Labute approximate surface area is 163 Å². The first kappa shape index (κ1) is 18.5. The molecule has 148 valence electrons. The zero-order valence-electron chi connectivity index (χ0n) is 16.2. The van der Waals surface area contributed by atoms with Gasteiger partial charge in [0.25, 0.3) is 15.9 Å². The van der Waals surface area contributed by atoms with E-state index in [9.17, 15) is 8.42 Å². The Bertz CT molecular complexity index is 1140. The van der Waals surface area contributed by atoms with Gasteiger partial charge in [-0.3, -0.25) is 4.72 Å². The lowest BCUT2D eigenvalue weighted by Crippen LogP contribution is -2.15. The predicted octanol–water partition coefficient (Wildman–Crippen LogP) is 3.68. The maximum Gasteiger partial charge on any atom is 0.264 e. The first-order valence-electron chi connectivity index (χ1n) is 9.00. The molecule has 9 heteroatoms. The standard InChI is InChI=1S/C19H22N4O4S/c1-10-5-8-15(26-4)14(9-10)23-28(24,25)17-12(3)20-11(2)16(17)19-22-21-18(27-19)13-6-7-13/h5,8-9,13,20,23H,6-7H2,1-4H3. The molecule has 4 rings (SSSR count). The van der Waals surface area contributed by atoms with Crippen molar-refractivity contribution in [2.24, 2.45) is 0 Å². The number of hydrogen-bond donors (Lipinski definition) is 2. The molecule has 2 aromatic heterocycles. The lowest BCUT2D eigenvalue weighted by molar-refractivity contribution is 0.417. The molecule has 0 amide bonds. The molecule has 1 saturated carbocycles. The van der Waals surface area contributed by atoms with E-state index in [0.29, 0.717) is 34.3 Å². The van der Waals surface area contributed by atoms with Crippen LogP contribution in [0.3, 0.4) is 0 Å². The average Bonchev–Trinajstić information content (AvgIpc) is 3.27. The number of benzene rings is 1. The van der Waals surface area contributed by atoms with Gasteiger partial charge in [-0.25, -0.2) is 8.42 Å². The third-order valence-corrected chi connectivity index (χ3v) is 6.30. The van der Waals surface area contributed by atoms with E-state index in [-0.39, 0.29) is 16.7 Å². The largest absolute Gasteiger partial charge is 0.495 e. The molecule has 28 heavy (non-hydrogen) atoms. The van der Waals surface area contributed by atoms with Crippen molar-refractivity contribution < 1.29 is 17.6 Å². The van der Waals surface area contributed by atoms with E-state index < -0.39 is 10.0 Å². The minimum absolute atomic E-state index is 0.0968. The second kappa shape index (κ2) is 6.66. The van der Waals surface area contributed by atoms with Crippen LogP contribution in [0.2, 0.25) is 0 Å². The van der Waals surface area contributed by atoms with E-state index in [1.165, 1.54) is 7.11 Å². The van der Waals surface area contributed by atoms with E-state index in [1.807, 2.05) is 13.0 Å². The zero-order chi connectivity index (χ0) is 20.1. The molecule has 1 aliphatic carbocycles. The van der Waals surface area contributed by atoms with Crippen LogP contribution in [0.25, 0.3) is 11.5 Å². The molecule has 0 unspecified atom stereocenters. The van der Waals surface area contributed by atoms with Crippen LogP contribution >= 0.6 is 0 Å². The monoisotopic (exact) mass is 402 g/mol. The predicted molar refractivity (Wildman–Crippen MR) is 104 cm³/mol. The van der Waals surface area contributed by atoms with Gasteiger partial charge in [0.05, 0.1) is 18.4 Å². The molecule has 3 aromatic rings. The van der Waals surface area contributed by atoms with Gasteiger partial charge < -0.3 is 14.1 Å². The number of aryl methyl sites for hydroxylation is 3. The number of aromatic amines is 1. The maximum atomic E-state index is 13.3. The number of aromatic nitrogens is 3. The second-order valence-corrected chi connectivity index (χ2v) is 8.73. The first-order valence-corrected chi connectivity index (χ1v) is 10.5. The molecule has 0 aliphatic heterocycles. The molecule has 8 nitrogen and oxygen atoms in total. The Morgan fingerprint density at radius 2 is 1.93 bits per heavy atom. The number of methoxy groups -OCH3 is 1. The number of ether oxygens (including phenoxy) is 1. The molecule has 0 atom stereocenters. The Balaban J connectivity index is 1.79. The van der Waals surface area contributed by atoms with Gasteiger partial charge in [0, 0.05) is 17.3 Å². The molecule has 1 fully saturated rings. The van der Waals surface area contributed by atoms with Crippen LogP contribution in [-0.2, 0) is 10.0 Å². The highest BCUT2D eigenvalue weighted by molar-refractivity contribution is 7.93. The molecule has 0 bridgehead atoms. The van der Waals surface area contributed by atoms with Crippen LogP contribution in [0.4, 0.5) is 5.69 Å². The van der Waals surface area contributed by atoms with Gasteiger partial charge >= 0.3 is 0 Å². The number of sulfonamides is 1. The Morgan fingerprint density at radius 1 is 1.18 bits per heavy atom. The summed E-state index contributed by atoms with van der Waals surface area (Å²) in [7, 11) is -2.44. The van der Waals surface area contributed by atoms with Crippen molar-refractivity contribution in [2.45, 2.75) is 44.4 Å². The molecule has 0 radical (unpaired) electrons. The summed E-state index contributed by atoms with van der Waals surface area (Å²) in [6, 6.07) is 5.30. The highest BCUT2D eigenvalue weighted by Crippen LogP contribution is 2.41. The molecular formula is C19H22N4O4S. The van der Waals surface area contributed by atoms with Crippen molar-refractivity contribution in [3.05, 3.63) is 41.0 Å². The summed E-state index contributed by atoms with van der Waals surface area (Å²) in [4.78, 5) is 3.18. The number of hydrogen-bond acceptors (Lipinski definition) is 6. The number of H-pyrrole nitrogens is 1. The first-order chi connectivity index (χ1) is 13.3. The molecule has 1 aromatic carbocycles. The summed E-state index contributed by atoms with van der Waals surface area (Å²) >= 11 is 0. The van der Waals surface area contributed by atoms with E-state index >= 15 is 0 Å². The Morgan fingerprint density at radius 3 is 2.61 bits per heavy atom. The number of nitrogens with zero attached hydrogens (tertiary/aromatic N) is 2. The van der Waals surface area contributed by atoms with Crippen LogP contribution in [0.5, 0.6) is 5.75 Å². The van der Waals surface area contributed by atoms with Crippen LogP contribution in [0.15, 0.2) is 27.5 Å². The van der Waals surface area contributed by atoms with Gasteiger partial charge in [-0.05, 0) is 51.3 Å². The smallest absolute Gasteiger partial charge is 0.264 e. The van der Waals surface area contributed by atoms with E-state index in [2.05, 4.69) is 19.9 Å². The van der Waals surface area contributed by atoms with Gasteiger partial charge in [0.15, 0.2) is 0 Å². The van der Waals surface area contributed by atoms with Crippen molar-refractivity contribution >= 4 is 15.7 Å². The Kier molecular flexibility index (Phi) is 4.41. The van der Waals surface area contributed by atoms with E-state index in [1.54, 1.807) is 26.0 Å². The minimum atomic E-state index is -3.94. The van der Waals surface area contributed by atoms with Crippen LogP contribution in [0, 0.1) is 20.8 Å². The number of nitrogens with one attached hydrogen (secondary N) is 2. The van der Waals surface area contributed by atoms with Crippen LogP contribution in [0.1, 0.15) is 41.6 Å². The van der Waals surface area contributed by atoms with Gasteiger partial charge in [-0.15, -0.1) is 10.2 Å². The zero-order valence-corrected chi connectivity index (χ0v) is 17.0. The third kappa shape index (κ3) is 3.26. The SMILES string of the molecule is COc1ccc(C)cc1NS(=O)(=O)c1c(C)[nH]c(C)c1-c1nnc(C2CC2)o1. The van der Waals surface area contributed by atoms with Crippen molar-refractivity contribution in [1.82, 2.24) is 15.2 Å². The van der Waals surface area contributed by atoms with Gasteiger partial charge in [0.2, 0.25) is 5.89 Å². The van der Waals surface area contributed by atoms with Crippen molar-refractivity contribution in [3.8, 4) is 17.2 Å². The highest BCUT2D eigenvalue weighted by Gasteiger charge is 2.33. The summed E-state index contributed by atoms with van der Waals surface area (Å²) in [5.74, 6) is 1.50. The normalized spacial score (nSPS) is 14.3. The van der Waals surface area contributed by atoms with Crippen molar-refractivity contribution in [1.29, 1.82) is 0 Å². The lowest BCUT2D eigenvalue weighted by Gasteiger charge is -2.13. The van der Waals surface area contributed by atoms with Crippen molar-refractivity contribution in [2.75, 3.05) is 11.8 Å². The fourth-order valence-electron chi connectivity index (χ4n) is 3.28. The topological polar surface area (TPSA) is 110 Å². The molecule has 2 heterocycles. The lowest BCUT2D eigenvalue weighted by atomic mass is 10.2. The van der Waals surface area contributed by atoms with Gasteiger partial charge in [-0.2, -0.15) is 0 Å². The molecule has 0 spiro atoms.